The number of hydrogen-bond donors (Lipinski definition) is 1. The fraction of sp³-hybridized carbons (Fsp3) is 0.647. The summed E-state index contributed by atoms with van der Waals surface area (Å²) in [5, 5.41) is 3.64. The number of hydrogen-bond acceptors (Lipinski definition) is 4. The summed E-state index contributed by atoms with van der Waals surface area (Å²) in [5.74, 6) is 1.61. The van der Waals surface area contributed by atoms with Crippen molar-refractivity contribution in [1.29, 1.82) is 0 Å². The molecule has 4 heteroatoms. The maximum Gasteiger partial charge on any atom is 0.161 e. The quantitative estimate of drug-likeness (QED) is 0.696. The third-order valence-corrected chi connectivity index (χ3v) is 5.16. The molecule has 0 aromatic heterocycles. The molecule has 0 bridgehead atoms. The highest BCUT2D eigenvalue weighted by molar-refractivity contribution is 7.98. The summed E-state index contributed by atoms with van der Waals surface area (Å²) >= 11 is 1.75. The lowest BCUT2D eigenvalue weighted by molar-refractivity contribution is 0.353. The van der Waals surface area contributed by atoms with E-state index in [-0.39, 0.29) is 0 Å². The van der Waals surface area contributed by atoms with E-state index in [0.29, 0.717) is 5.41 Å². The topological polar surface area (TPSA) is 30.5 Å². The summed E-state index contributed by atoms with van der Waals surface area (Å²) < 4.78 is 10.8. The molecule has 0 unspecified atom stereocenters. The standard InChI is InChI=1S/C17H27NO2S/c1-5-6-17(7-8-17)12-18-11-13-9-14(19-2)15(20-3)10-16(13)21-4/h9-10,18H,5-8,11-12H2,1-4H3. The second-order valence-electron chi connectivity index (χ2n) is 5.87. The van der Waals surface area contributed by atoms with E-state index in [1.807, 2.05) is 0 Å². The van der Waals surface area contributed by atoms with Crippen molar-refractivity contribution in [2.75, 3.05) is 27.0 Å². The van der Waals surface area contributed by atoms with Crippen LogP contribution in [0.25, 0.3) is 0 Å². The zero-order valence-corrected chi connectivity index (χ0v) is 14.4. The monoisotopic (exact) mass is 309 g/mol. The van der Waals surface area contributed by atoms with Crippen LogP contribution in [0, 0.1) is 5.41 Å². The van der Waals surface area contributed by atoms with Crippen molar-refractivity contribution >= 4 is 11.8 Å². The van der Waals surface area contributed by atoms with Crippen molar-refractivity contribution in [1.82, 2.24) is 5.32 Å². The average molecular weight is 309 g/mol. The van der Waals surface area contributed by atoms with Crippen LogP contribution in [0.15, 0.2) is 17.0 Å². The molecule has 1 aliphatic carbocycles. The molecular formula is C17H27NO2S. The van der Waals surface area contributed by atoms with Gasteiger partial charge >= 0.3 is 0 Å². The van der Waals surface area contributed by atoms with E-state index in [4.69, 9.17) is 9.47 Å². The molecule has 0 atom stereocenters. The lowest BCUT2D eigenvalue weighted by Gasteiger charge is -2.17. The molecule has 1 aliphatic rings. The predicted octanol–water partition coefficient (Wildman–Crippen LogP) is 4.10. The molecule has 0 aliphatic heterocycles. The van der Waals surface area contributed by atoms with Crippen LogP contribution in [-0.2, 0) is 6.54 Å². The summed E-state index contributed by atoms with van der Waals surface area (Å²) in [5.41, 5.74) is 1.87. The highest BCUT2D eigenvalue weighted by atomic mass is 32.2. The second kappa shape index (κ2) is 7.41. The highest BCUT2D eigenvalue weighted by Crippen LogP contribution is 2.49. The molecule has 2 rings (SSSR count). The molecule has 0 amide bonds. The molecule has 118 valence electrons. The SMILES string of the molecule is CCCC1(CNCc2cc(OC)c(OC)cc2SC)CC1. The predicted molar refractivity (Wildman–Crippen MR) is 89.6 cm³/mol. The van der Waals surface area contributed by atoms with Crippen molar-refractivity contribution in [2.24, 2.45) is 5.41 Å². The van der Waals surface area contributed by atoms with Crippen molar-refractivity contribution in [2.45, 2.75) is 44.0 Å². The minimum atomic E-state index is 0.588. The molecule has 0 saturated heterocycles. The Balaban J connectivity index is 2.01. The Morgan fingerprint density at radius 2 is 1.86 bits per heavy atom. The normalized spacial score (nSPS) is 15.8. The van der Waals surface area contributed by atoms with Gasteiger partial charge in [-0.05, 0) is 48.6 Å². The van der Waals surface area contributed by atoms with Gasteiger partial charge in [0.05, 0.1) is 14.2 Å². The van der Waals surface area contributed by atoms with Gasteiger partial charge in [0, 0.05) is 18.0 Å². The number of thioether (sulfide) groups is 1. The van der Waals surface area contributed by atoms with Gasteiger partial charge in [0.2, 0.25) is 0 Å². The van der Waals surface area contributed by atoms with E-state index in [1.54, 1.807) is 26.0 Å². The Labute approximate surface area is 132 Å². The van der Waals surface area contributed by atoms with Crippen LogP contribution in [0.4, 0.5) is 0 Å². The average Bonchev–Trinajstić information content (AvgIpc) is 3.26. The minimum absolute atomic E-state index is 0.588. The first-order valence-corrected chi connectivity index (χ1v) is 8.90. The molecule has 1 saturated carbocycles. The molecule has 1 fully saturated rings. The Kier molecular flexibility index (Phi) is 5.82. The number of benzene rings is 1. The minimum Gasteiger partial charge on any atom is -0.493 e. The summed E-state index contributed by atoms with van der Waals surface area (Å²) in [6, 6.07) is 4.16. The summed E-state index contributed by atoms with van der Waals surface area (Å²) in [4.78, 5) is 1.25. The molecule has 0 heterocycles. The van der Waals surface area contributed by atoms with Gasteiger partial charge in [-0.15, -0.1) is 11.8 Å². The van der Waals surface area contributed by atoms with Crippen LogP contribution in [0.5, 0.6) is 11.5 Å². The molecule has 1 aromatic carbocycles. The van der Waals surface area contributed by atoms with Crippen molar-refractivity contribution in [3.63, 3.8) is 0 Å². The van der Waals surface area contributed by atoms with Gasteiger partial charge in [-0.3, -0.25) is 0 Å². The highest BCUT2D eigenvalue weighted by Gasteiger charge is 2.40. The zero-order chi connectivity index (χ0) is 15.3. The number of methoxy groups -OCH3 is 2. The van der Waals surface area contributed by atoms with E-state index in [1.165, 1.54) is 36.1 Å². The molecule has 1 N–H and O–H groups in total. The van der Waals surface area contributed by atoms with Gasteiger partial charge in [-0.2, -0.15) is 0 Å². The van der Waals surface area contributed by atoms with E-state index in [9.17, 15) is 0 Å². The Bertz CT molecular complexity index is 472. The molecule has 0 spiro atoms. The third kappa shape index (κ3) is 4.07. The maximum absolute atomic E-state index is 5.41. The molecular weight excluding hydrogens is 282 g/mol. The third-order valence-electron chi connectivity index (χ3n) is 4.34. The van der Waals surface area contributed by atoms with Crippen LogP contribution in [0.2, 0.25) is 0 Å². The summed E-state index contributed by atoms with van der Waals surface area (Å²) in [7, 11) is 3.37. The van der Waals surface area contributed by atoms with E-state index < -0.39 is 0 Å². The largest absolute Gasteiger partial charge is 0.493 e. The molecule has 3 nitrogen and oxygen atoms in total. The lowest BCUT2D eigenvalue weighted by atomic mass is 10.0. The fourth-order valence-electron chi connectivity index (χ4n) is 2.92. The van der Waals surface area contributed by atoms with Crippen molar-refractivity contribution < 1.29 is 9.47 Å². The molecule has 1 aromatic rings. The molecule has 0 radical (unpaired) electrons. The second-order valence-corrected chi connectivity index (χ2v) is 6.72. The fourth-order valence-corrected chi connectivity index (χ4v) is 3.53. The van der Waals surface area contributed by atoms with Gasteiger partial charge in [0.1, 0.15) is 0 Å². The lowest BCUT2D eigenvalue weighted by Crippen LogP contribution is -2.23. The van der Waals surface area contributed by atoms with Gasteiger partial charge in [-0.1, -0.05) is 13.3 Å². The van der Waals surface area contributed by atoms with Crippen LogP contribution in [0.3, 0.4) is 0 Å². The Morgan fingerprint density at radius 3 is 2.38 bits per heavy atom. The van der Waals surface area contributed by atoms with Gasteiger partial charge in [0.15, 0.2) is 11.5 Å². The van der Waals surface area contributed by atoms with Gasteiger partial charge < -0.3 is 14.8 Å². The van der Waals surface area contributed by atoms with Crippen LogP contribution >= 0.6 is 11.8 Å². The van der Waals surface area contributed by atoms with Crippen LogP contribution in [-0.4, -0.2) is 27.0 Å². The van der Waals surface area contributed by atoms with E-state index in [2.05, 4.69) is 30.6 Å². The van der Waals surface area contributed by atoms with Crippen molar-refractivity contribution in [3.05, 3.63) is 17.7 Å². The van der Waals surface area contributed by atoms with Gasteiger partial charge in [-0.25, -0.2) is 0 Å². The summed E-state index contributed by atoms with van der Waals surface area (Å²) in [6.07, 6.45) is 7.50. The first-order chi connectivity index (χ1) is 10.2. The first kappa shape index (κ1) is 16.5. The van der Waals surface area contributed by atoms with E-state index in [0.717, 1.165) is 24.6 Å². The number of nitrogens with one attached hydrogen (secondary N) is 1. The smallest absolute Gasteiger partial charge is 0.161 e. The number of rotatable bonds is 9. The summed E-state index contributed by atoms with van der Waals surface area (Å²) in [6.45, 7) is 4.30. The zero-order valence-electron chi connectivity index (χ0n) is 13.6. The Morgan fingerprint density at radius 1 is 1.19 bits per heavy atom. The van der Waals surface area contributed by atoms with Crippen LogP contribution in [0.1, 0.15) is 38.2 Å². The van der Waals surface area contributed by atoms with Crippen molar-refractivity contribution in [3.8, 4) is 11.5 Å². The molecule has 21 heavy (non-hydrogen) atoms. The number of ether oxygens (including phenoxy) is 2. The first-order valence-electron chi connectivity index (χ1n) is 7.67. The Hall–Kier alpha value is -0.870. The van der Waals surface area contributed by atoms with E-state index >= 15 is 0 Å². The van der Waals surface area contributed by atoms with Gasteiger partial charge in [0.25, 0.3) is 0 Å². The van der Waals surface area contributed by atoms with Crippen LogP contribution < -0.4 is 14.8 Å². The maximum atomic E-state index is 5.41.